The fourth-order valence-corrected chi connectivity index (χ4v) is 2.40. The second-order valence-electron chi connectivity index (χ2n) is 4.52. The van der Waals surface area contributed by atoms with Gasteiger partial charge in [-0.1, -0.05) is 24.3 Å². The van der Waals surface area contributed by atoms with Crippen molar-refractivity contribution in [1.29, 1.82) is 0 Å². The van der Waals surface area contributed by atoms with E-state index in [-0.39, 0.29) is 6.54 Å². The van der Waals surface area contributed by atoms with Gasteiger partial charge in [-0.15, -0.1) is 0 Å². The van der Waals surface area contributed by atoms with Crippen molar-refractivity contribution >= 4 is 21.4 Å². The fourth-order valence-electron chi connectivity index (χ4n) is 1.82. The van der Waals surface area contributed by atoms with Gasteiger partial charge in [0.2, 0.25) is 10.0 Å². The van der Waals surface area contributed by atoms with Crippen LogP contribution in [0.15, 0.2) is 42.5 Å². The highest BCUT2D eigenvalue weighted by Crippen LogP contribution is 2.25. The third-order valence-corrected chi connectivity index (χ3v) is 3.35. The largest absolute Gasteiger partial charge is 0.505 e. The van der Waals surface area contributed by atoms with Crippen LogP contribution in [0.4, 0.5) is 15.8 Å². The van der Waals surface area contributed by atoms with E-state index in [9.17, 15) is 17.9 Å². The predicted octanol–water partition coefficient (Wildman–Crippen LogP) is 2.51. The third-order valence-electron chi connectivity index (χ3n) is 2.76. The number of nitrogens with one attached hydrogen (secondary N) is 2. The van der Waals surface area contributed by atoms with Crippen molar-refractivity contribution in [3.05, 3.63) is 53.8 Å². The Balaban J connectivity index is 2.19. The van der Waals surface area contributed by atoms with Crippen LogP contribution < -0.4 is 10.0 Å². The maximum Gasteiger partial charge on any atom is 0.229 e. The molecule has 2 aromatic rings. The molecule has 0 fully saturated rings. The lowest BCUT2D eigenvalue weighted by atomic mass is 10.2. The molecule has 5 nitrogen and oxygen atoms in total. The lowest BCUT2D eigenvalue weighted by Crippen LogP contribution is -2.12. The summed E-state index contributed by atoms with van der Waals surface area (Å²) in [6.45, 7) is 0.159. The maximum atomic E-state index is 13.2. The molecule has 0 aliphatic carbocycles. The van der Waals surface area contributed by atoms with Gasteiger partial charge in [-0.25, -0.2) is 12.8 Å². The summed E-state index contributed by atoms with van der Waals surface area (Å²) in [6.07, 6.45) is 1.06. The minimum absolute atomic E-state index is 0.159. The van der Waals surface area contributed by atoms with Crippen LogP contribution >= 0.6 is 0 Å². The van der Waals surface area contributed by atoms with E-state index < -0.39 is 21.6 Å². The molecule has 112 valence electrons. The van der Waals surface area contributed by atoms with Crippen LogP contribution in [0.25, 0.3) is 0 Å². The number of para-hydroxylation sites is 3. The van der Waals surface area contributed by atoms with Crippen molar-refractivity contribution in [1.82, 2.24) is 0 Å². The molecule has 0 atom stereocenters. The standard InChI is InChI=1S/C14H15FN2O3S/c1-21(19,20)17-13-8-3-2-7-12(13)16-9-10-5-4-6-11(15)14(10)18/h2-8,16-18H,9H2,1H3. The van der Waals surface area contributed by atoms with E-state index in [4.69, 9.17) is 0 Å². The molecular formula is C14H15FN2O3S. The molecule has 7 heteroatoms. The summed E-state index contributed by atoms with van der Waals surface area (Å²) in [4.78, 5) is 0. The average molecular weight is 310 g/mol. The Morgan fingerprint density at radius 2 is 1.76 bits per heavy atom. The van der Waals surface area contributed by atoms with Crippen molar-refractivity contribution in [3.8, 4) is 5.75 Å². The smallest absolute Gasteiger partial charge is 0.229 e. The molecule has 0 aliphatic rings. The van der Waals surface area contributed by atoms with Crippen LogP contribution in [-0.2, 0) is 16.6 Å². The van der Waals surface area contributed by atoms with Gasteiger partial charge in [-0.3, -0.25) is 4.72 Å². The van der Waals surface area contributed by atoms with Gasteiger partial charge < -0.3 is 10.4 Å². The molecule has 0 saturated heterocycles. The van der Waals surface area contributed by atoms with Crippen molar-refractivity contribution in [2.24, 2.45) is 0 Å². The van der Waals surface area contributed by atoms with Gasteiger partial charge in [0, 0.05) is 12.1 Å². The number of benzene rings is 2. The molecule has 0 amide bonds. The molecule has 0 saturated carbocycles. The minimum atomic E-state index is -3.40. The van der Waals surface area contributed by atoms with Gasteiger partial charge in [0.25, 0.3) is 0 Å². The summed E-state index contributed by atoms with van der Waals surface area (Å²) in [5.41, 5.74) is 1.30. The van der Waals surface area contributed by atoms with Crippen LogP contribution in [-0.4, -0.2) is 19.8 Å². The molecular weight excluding hydrogens is 295 g/mol. The quantitative estimate of drug-likeness (QED) is 0.793. The molecule has 0 aromatic heterocycles. The van der Waals surface area contributed by atoms with E-state index >= 15 is 0 Å². The van der Waals surface area contributed by atoms with Crippen molar-refractivity contribution in [2.45, 2.75) is 6.54 Å². The van der Waals surface area contributed by atoms with Gasteiger partial charge in [-0.2, -0.15) is 0 Å². The van der Waals surface area contributed by atoms with Crippen molar-refractivity contribution < 1.29 is 17.9 Å². The van der Waals surface area contributed by atoms with Gasteiger partial charge in [0.05, 0.1) is 17.6 Å². The normalized spacial score (nSPS) is 11.1. The topological polar surface area (TPSA) is 78.4 Å². The van der Waals surface area contributed by atoms with E-state index in [0.29, 0.717) is 16.9 Å². The summed E-state index contributed by atoms with van der Waals surface area (Å²) < 4.78 is 38.2. The van der Waals surface area contributed by atoms with Crippen LogP contribution in [0.1, 0.15) is 5.56 Å². The average Bonchev–Trinajstić information content (AvgIpc) is 2.40. The Labute approximate surface area is 122 Å². The lowest BCUT2D eigenvalue weighted by Gasteiger charge is -2.13. The number of phenols is 1. The van der Waals surface area contributed by atoms with E-state index in [0.717, 1.165) is 12.3 Å². The molecule has 0 aliphatic heterocycles. The Bertz CT molecular complexity index is 748. The maximum absolute atomic E-state index is 13.2. The van der Waals surface area contributed by atoms with E-state index in [1.165, 1.54) is 6.07 Å². The minimum Gasteiger partial charge on any atom is -0.505 e. The fraction of sp³-hybridized carbons (Fsp3) is 0.143. The SMILES string of the molecule is CS(=O)(=O)Nc1ccccc1NCc1cccc(F)c1O. The molecule has 21 heavy (non-hydrogen) atoms. The monoisotopic (exact) mass is 310 g/mol. The number of phenolic OH excluding ortho intramolecular Hbond substituents is 1. The van der Waals surface area contributed by atoms with Crippen LogP contribution in [0.2, 0.25) is 0 Å². The number of hydrogen-bond donors (Lipinski definition) is 3. The first kappa shape index (κ1) is 15.1. The van der Waals surface area contributed by atoms with Gasteiger partial charge in [0.15, 0.2) is 11.6 Å². The van der Waals surface area contributed by atoms with Crippen LogP contribution in [0.5, 0.6) is 5.75 Å². The van der Waals surface area contributed by atoms with Gasteiger partial charge in [0.1, 0.15) is 0 Å². The lowest BCUT2D eigenvalue weighted by molar-refractivity contribution is 0.427. The molecule has 0 spiro atoms. The first-order valence-corrected chi connectivity index (χ1v) is 8.03. The highest BCUT2D eigenvalue weighted by atomic mass is 32.2. The molecule has 0 radical (unpaired) electrons. The van der Waals surface area contributed by atoms with Gasteiger partial charge in [-0.05, 0) is 18.2 Å². The number of sulfonamides is 1. The first-order chi connectivity index (χ1) is 9.87. The predicted molar refractivity (Wildman–Crippen MR) is 80.3 cm³/mol. The Hall–Kier alpha value is -2.28. The summed E-state index contributed by atoms with van der Waals surface area (Å²) in [5, 5.41) is 12.6. The van der Waals surface area contributed by atoms with Gasteiger partial charge >= 0.3 is 0 Å². The zero-order chi connectivity index (χ0) is 15.5. The van der Waals surface area contributed by atoms with Crippen LogP contribution in [0, 0.1) is 5.82 Å². The first-order valence-electron chi connectivity index (χ1n) is 6.14. The highest BCUT2D eigenvalue weighted by molar-refractivity contribution is 7.92. The van der Waals surface area contributed by atoms with E-state index in [1.807, 2.05) is 0 Å². The number of anilines is 2. The molecule has 2 rings (SSSR count). The molecule has 0 heterocycles. The Kier molecular flexibility index (Phi) is 4.32. The zero-order valence-corrected chi connectivity index (χ0v) is 12.1. The summed E-state index contributed by atoms with van der Waals surface area (Å²) in [6, 6.07) is 11.0. The zero-order valence-electron chi connectivity index (χ0n) is 11.3. The van der Waals surface area contributed by atoms with E-state index in [2.05, 4.69) is 10.0 Å². The number of hydrogen-bond acceptors (Lipinski definition) is 4. The summed E-state index contributed by atoms with van der Waals surface area (Å²) in [5.74, 6) is -1.12. The molecule has 0 unspecified atom stereocenters. The second-order valence-corrected chi connectivity index (χ2v) is 6.27. The number of halogens is 1. The van der Waals surface area contributed by atoms with E-state index in [1.54, 1.807) is 30.3 Å². The second kappa shape index (κ2) is 6.01. The molecule has 3 N–H and O–H groups in total. The molecule has 0 bridgehead atoms. The Morgan fingerprint density at radius 3 is 2.43 bits per heavy atom. The van der Waals surface area contributed by atoms with Crippen LogP contribution in [0.3, 0.4) is 0 Å². The number of rotatable bonds is 5. The highest BCUT2D eigenvalue weighted by Gasteiger charge is 2.09. The molecule has 2 aromatic carbocycles. The third kappa shape index (κ3) is 4.09. The summed E-state index contributed by atoms with van der Waals surface area (Å²) >= 11 is 0. The van der Waals surface area contributed by atoms with Crippen molar-refractivity contribution in [3.63, 3.8) is 0 Å². The Morgan fingerprint density at radius 1 is 1.10 bits per heavy atom. The summed E-state index contributed by atoms with van der Waals surface area (Å²) in [7, 11) is -3.40. The number of aromatic hydroxyl groups is 1. The van der Waals surface area contributed by atoms with Crippen molar-refractivity contribution in [2.75, 3.05) is 16.3 Å².